The van der Waals surface area contributed by atoms with E-state index in [0.717, 1.165) is 41.0 Å². The van der Waals surface area contributed by atoms with Gasteiger partial charge >= 0.3 is 0 Å². The second kappa shape index (κ2) is 10.1. The molecule has 2 amide bonds. The van der Waals surface area contributed by atoms with E-state index in [0.29, 0.717) is 13.0 Å². The summed E-state index contributed by atoms with van der Waals surface area (Å²) in [6.07, 6.45) is 2.32. The first kappa shape index (κ1) is 22.5. The Balaban J connectivity index is 1.99. The van der Waals surface area contributed by atoms with Crippen LogP contribution in [-0.4, -0.2) is 25.5 Å². The predicted molar refractivity (Wildman–Crippen MR) is 117 cm³/mol. The zero-order chi connectivity index (χ0) is 21.4. The van der Waals surface area contributed by atoms with Crippen LogP contribution >= 0.6 is 0 Å². The van der Waals surface area contributed by atoms with Gasteiger partial charge < -0.3 is 15.4 Å². The molecule has 0 saturated heterocycles. The summed E-state index contributed by atoms with van der Waals surface area (Å²) >= 11 is 0. The van der Waals surface area contributed by atoms with Crippen LogP contribution in [0.4, 0.5) is 5.69 Å². The fourth-order valence-corrected chi connectivity index (χ4v) is 3.11. The summed E-state index contributed by atoms with van der Waals surface area (Å²) in [7, 11) is 1.63. The molecule has 0 saturated carbocycles. The number of anilines is 1. The zero-order valence-electron chi connectivity index (χ0n) is 18.1. The molecule has 2 rings (SSSR count). The molecule has 29 heavy (non-hydrogen) atoms. The average Bonchev–Trinajstić information content (AvgIpc) is 2.74. The minimum atomic E-state index is -1.17. The quantitative estimate of drug-likeness (QED) is 0.626. The highest BCUT2D eigenvalue weighted by molar-refractivity contribution is 6.10. The fourth-order valence-electron chi connectivity index (χ4n) is 3.11. The molecule has 2 aromatic carbocycles. The van der Waals surface area contributed by atoms with Crippen LogP contribution in [0.1, 0.15) is 44.4 Å². The Labute approximate surface area is 173 Å². The lowest BCUT2D eigenvalue weighted by atomic mass is 9.90. The normalized spacial score (nSPS) is 11.1. The number of nitrogens with one attached hydrogen (secondary N) is 2. The minimum Gasteiger partial charge on any atom is -0.497 e. The van der Waals surface area contributed by atoms with E-state index >= 15 is 0 Å². The molecule has 5 nitrogen and oxygen atoms in total. The molecule has 2 N–H and O–H groups in total. The third-order valence-corrected chi connectivity index (χ3v) is 5.23. The van der Waals surface area contributed by atoms with E-state index in [9.17, 15) is 9.59 Å². The second-order valence-electron chi connectivity index (χ2n) is 7.59. The van der Waals surface area contributed by atoms with Gasteiger partial charge in [-0.1, -0.05) is 44.2 Å². The lowest BCUT2D eigenvalue weighted by Gasteiger charge is -2.24. The molecule has 0 aliphatic carbocycles. The number of hydrogen-bond donors (Lipinski definition) is 2. The van der Waals surface area contributed by atoms with Gasteiger partial charge in [0.15, 0.2) is 0 Å². The molecule has 0 atom stereocenters. The first-order valence-electron chi connectivity index (χ1n) is 10.2. The fraction of sp³-hybridized carbons (Fsp3) is 0.417. The molecule has 0 radical (unpaired) electrons. The molecular weight excluding hydrogens is 364 g/mol. The Morgan fingerprint density at radius 2 is 1.52 bits per heavy atom. The second-order valence-corrected chi connectivity index (χ2v) is 7.59. The van der Waals surface area contributed by atoms with E-state index in [-0.39, 0.29) is 11.8 Å². The van der Waals surface area contributed by atoms with E-state index in [4.69, 9.17) is 4.74 Å². The molecule has 0 bridgehead atoms. The average molecular weight is 397 g/mol. The van der Waals surface area contributed by atoms with Gasteiger partial charge in [0.05, 0.1) is 7.11 Å². The van der Waals surface area contributed by atoms with Gasteiger partial charge in [0.1, 0.15) is 11.2 Å². The highest BCUT2D eigenvalue weighted by atomic mass is 16.5. The number of aryl methyl sites for hydroxylation is 2. The number of carbonyl (C=O) groups excluding carboxylic acids is 2. The van der Waals surface area contributed by atoms with E-state index < -0.39 is 5.41 Å². The molecule has 0 unspecified atom stereocenters. The highest BCUT2D eigenvalue weighted by Gasteiger charge is 2.36. The van der Waals surface area contributed by atoms with Gasteiger partial charge in [0.2, 0.25) is 11.8 Å². The Bertz CT molecular complexity index is 819. The molecule has 0 spiro atoms. The summed E-state index contributed by atoms with van der Waals surface area (Å²) in [5, 5.41) is 5.90. The van der Waals surface area contributed by atoms with Crippen LogP contribution < -0.4 is 15.4 Å². The van der Waals surface area contributed by atoms with Crippen LogP contribution in [0.25, 0.3) is 0 Å². The van der Waals surface area contributed by atoms with Gasteiger partial charge in [-0.15, -0.1) is 0 Å². The van der Waals surface area contributed by atoms with Crippen molar-refractivity contribution in [2.75, 3.05) is 19.0 Å². The maximum atomic E-state index is 12.9. The number of amides is 2. The van der Waals surface area contributed by atoms with Gasteiger partial charge in [-0.3, -0.25) is 9.59 Å². The monoisotopic (exact) mass is 396 g/mol. The lowest BCUT2D eigenvalue weighted by Crippen LogP contribution is -2.45. The number of benzene rings is 2. The lowest BCUT2D eigenvalue weighted by molar-refractivity contribution is -0.138. The summed E-state index contributed by atoms with van der Waals surface area (Å²) in [6, 6.07) is 13.8. The molecular formula is C24H32N2O3. The van der Waals surface area contributed by atoms with Gasteiger partial charge in [-0.05, 0) is 61.9 Å². The zero-order valence-corrected chi connectivity index (χ0v) is 18.1. The third kappa shape index (κ3) is 5.59. The van der Waals surface area contributed by atoms with Crippen molar-refractivity contribution in [2.45, 2.75) is 47.0 Å². The van der Waals surface area contributed by atoms with Crippen molar-refractivity contribution in [3.8, 4) is 5.75 Å². The van der Waals surface area contributed by atoms with E-state index in [1.807, 2.05) is 42.5 Å². The molecule has 0 heterocycles. The number of carbonyl (C=O) groups is 2. The van der Waals surface area contributed by atoms with Crippen molar-refractivity contribution >= 4 is 17.5 Å². The number of ether oxygens (including phenoxy) is 1. The standard InChI is InChI=1S/C24H32N2O3/c1-6-18-9-8-10-19(7-2)21(18)26-23(28)24(3,4)22(27)25-16-15-17-11-13-20(29-5)14-12-17/h8-14H,6-7,15-16H2,1-5H3,(H,25,27)(H,26,28). The van der Waals surface area contributed by atoms with Crippen LogP contribution in [0.5, 0.6) is 5.75 Å². The van der Waals surface area contributed by atoms with Crippen molar-refractivity contribution in [3.63, 3.8) is 0 Å². The first-order valence-corrected chi connectivity index (χ1v) is 10.2. The van der Waals surface area contributed by atoms with E-state index in [1.165, 1.54) is 0 Å². The molecule has 0 aliphatic heterocycles. The Morgan fingerprint density at radius 1 is 0.931 bits per heavy atom. The highest BCUT2D eigenvalue weighted by Crippen LogP contribution is 2.26. The van der Waals surface area contributed by atoms with Crippen molar-refractivity contribution < 1.29 is 14.3 Å². The van der Waals surface area contributed by atoms with Crippen molar-refractivity contribution in [2.24, 2.45) is 5.41 Å². The summed E-state index contributed by atoms with van der Waals surface area (Å²) in [5.74, 6) is 0.222. The molecule has 156 valence electrons. The van der Waals surface area contributed by atoms with Crippen molar-refractivity contribution in [3.05, 3.63) is 59.2 Å². The number of hydrogen-bond acceptors (Lipinski definition) is 3. The predicted octanol–water partition coefficient (Wildman–Crippen LogP) is 4.14. The van der Waals surface area contributed by atoms with Crippen molar-refractivity contribution in [1.82, 2.24) is 5.32 Å². The Hall–Kier alpha value is -2.82. The summed E-state index contributed by atoms with van der Waals surface area (Å²) in [5.41, 5.74) is 2.91. The topological polar surface area (TPSA) is 67.4 Å². The molecule has 0 aromatic heterocycles. The Kier molecular flexibility index (Phi) is 7.82. The number of para-hydroxylation sites is 1. The van der Waals surface area contributed by atoms with Gasteiger partial charge in [0, 0.05) is 12.2 Å². The van der Waals surface area contributed by atoms with Gasteiger partial charge in [-0.2, -0.15) is 0 Å². The smallest absolute Gasteiger partial charge is 0.239 e. The largest absolute Gasteiger partial charge is 0.497 e. The SMILES string of the molecule is CCc1cccc(CC)c1NC(=O)C(C)(C)C(=O)NCCc1ccc(OC)cc1. The minimum absolute atomic E-state index is 0.282. The number of methoxy groups -OCH3 is 1. The summed E-state index contributed by atoms with van der Waals surface area (Å²) < 4.78 is 5.15. The molecule has 0 aliphatic rings. The van der Waals surface area contributed by atoms with E-state index in [2.05, 4.69) is 24.5 Å². The van der Waals surface area contributed by atoms with E-state index in [1.54, 1.807) is 21.0 Å². The van der Waals surface area contributed by atoms with Gasteiger partial charge in [-0.25, -0.2) is 0 Å². The van der Waals surface area contributed by atoms with Crippen LogP contribution in [0, 0.1) is 5.41 Å². The molecule has 0 fully saturated rings. The van der Waals surface area contributed by atoms with Crippen LogP contribution in [0.2, 0.25) is 0 Å². The van der Waals surface area contributed by atoms with Crippen LogP contribution in [0.15, 0.2) is 42.5 Å². The first-order chi connectivity index (χ1) is 13.8. The molecule has 2 aromatic rings. The van der Waals surface area contributed by atoms with Crippen molar-refractivity contribution in [1.29, 1.82) is 0 Å². The third-order valence-electron chi connectivity index (χ3n) is 5.23. The number of rotatable bonds is 9. The molecule has 5 heteroatoms. The van der Waals surface area contributed by atoms with Crippen LogP contribution in [-0.2, 0) is 28.9 Å². The van der Waals surface area contributed by atoms with Gasteiger partial charge in [0.25, 0.3) is 0 Å². The summed E-state index contributed by atoms with van der Waals surface area (Å²) in [6.45, 7) is 7.90. The Morgan fingerprint density at radius 3 is 2.03 bits per heavy atom. The maximum absolute atomic E-state index is 12.9. The summed E-state index contributed by atoms with van der Waals surface area (Å²) in [4.78, 5) is 25.6. The van der Waals surface area contributed by atoms with Crippen LogP contribution in [0.3, 0.4) is 0 Å². The maximum Gasteiger partial charge on any atom is 0.239 e.